The van der Waals surface area contributed by atoms with Crippen molar-refractivity contribution >= 4 is 44.9 Å². The highest BCUT2D eigenvalue weighted by Crippen LogP contribution is 2.28. The number of ether oxygens (including phenoxy) is 1. The first-order valence-electron chi connectivity index (χ1n) is 9.33. The summed E-state index contributed by atoms with van der Waals surface area (Å²) in [5, 5.41) is 2.95. The standard InChI is InChI=1S/C21H21N3O5S/c1-5-29-21(28)18-11(2)16-19(30-18)22-10-24(20(16)27)12(3)17(26)14-6-8-15(9-7-14)23-13(4)25/h6-10,12H,5H2,1-4H3,(H,23,25). The number of ketones is 1. The number of Topliss-reactive ketones (excluding diaryl/α,β-unsaturated/α-hetero) is 1. The average Bonchev–Trinajstić information content (AvgIpc) is 3.05. The zero-order chi connectivity index (χ0) is 22.0. The molecule has 0 aliphatic carbocycles. The first-order chi connectivity index (χ1) is 14.2. The molecule has 3 aromatic rings. The molecule has 0 saturated heterocycles. The zero-order valence-electron chi connectivity index (χ0n) is 17.0. The quantitative estimate of drug-likeness (QED) is 0.478. The van der Waals surface area contributed by atoms with E-state index in [0.29, 0.717) is 31.9 Å². The number of esters is 1. The first kappa shape index (κ1) is 21.4. The van der Waals surface area contributed by atoms with Gasteiger partial charge in [-0.15, -0.1) is 11.3 Å². The minimum Gasteiger partial charge on any atom is -0.462 e. The van der Waals surface area contributed by atoms with Crippen LogP contribution in [0.1, 0.15) is 52.4 Å². The highest BCUT2D eigenvalue weighted by Gasteiger charge is 2.24. The number of carbonyl (C=O) groups excluding carboxylic acids is 3. The molecule has 0 fully saturated rings. The van der Waals surface area contributed by atoms with E-state index in [0.717, 1.165) is 11.3 Å². The third kappa shape index (κ3) is 4.02. The number of hydrogen-bond donors (Lipinski definition) is 1. The molecule has 2 aromatic heterocycles. The van der Waals surface area contributed by atoms with Crippen LogP contribution in [0.25, 0.3) is 10.2 Å². The Morgan fingerprint density at radius 3 is 2.50 bits per heavy atom. The van der Waals surface area contributed by atoms with Gasteiger partial charge in [0.05, 0.1) is 24.4 Å². The lowest BCUT2D eigenvalue weighted by Gasteiger charge is -2.14. The highest BCUT2D eigenvalue weighted by molar-refractivity contribution is 7.20. The molecule has 3 rings (SSSR count). The lowest BCUT2D eigenvalue weighted by molar-refractivity contribution is -0.114. The van der Waals surface area contributed by atoms with Crippen LogP contribution in [0.5, 0.6) is 0 Å². The van der Waals surface area contributed by atoms with Gasteiger partial charge in [-0.25, -0.2) is 9.78 Å². The predicted molar refractivity (Wildman–Crippen MR) is 114 cm³/mol. The van der Waals surface area contributed by atoms with Crippen LogP contribution in [0.15, 0.2) is 35.4 Å². The van der Waals surface area contributed by atoms with Crippen molar-refractivity contribution in [3.63, 3.8) is 0 Å². The smallest absolute Gasteiger partial charge is 0.348 e. The molecule has 1 amide bonds. The molecule has 1 atom stereocenters. The van der Waals surface area contributed by atoms with E-state index < -0.39 is 12.0 Å². The van der Waals surface area contributed by atoms with Crippen LogP contribution in [0, 0.1) is 6.92 Å². The molecule has 0 saturated carbocycles. The van der Waals surface area contributed by atoms with Gasteiger partial charge in [-0.3, -0.25) is 19.0 Å². The predicted octanol–water partition coefficient (Wildman–Crippen LogP) is 3.35. The Balaban J connectivity index is 1.95. The van der Waals surface area contributed by atoms with Gasteiger partial charge < -0.3 is 10.1 Å². The highest BCUT2D eigenvalue weighted by atomic mass is 32.1. The van der Waals surface area contributed by atoms with Crippen molar-refractivity contribution in [2.45, 2.75) is 33.7 Å². The van der Waals surface area contributed by atoms with Crippen LogP contribution in [0.2, 0.25) is 0 Å². The van der Waals surface area contributed by atoms with Crippen LogP contribution >= 0.6 is 11.3 Å². The number of fused-ring (bicyclic) bond motifs is 1. The Labute approximate surface area is 176 Å². The molecule has 9 heteroatoms. The van der Waals surface area contributed by atoms with Gasteiger partial charge in [0.25, 0.3) is 5.56 Å². The molecular formula is C21H21N3O5S. The van der Waals surface area contributed by atoms with Gasteiger partial charge in [0.1, 0.15) is 9.71 Å². The average molecular weight is 427 g/mol. The number of nitrogens with zero attached hydrogens (tertiary/aromatic N) is 2. The number of rotatable bonds is 6. The number of aryl methyl sites for hydroxylation is 1. The molecule has 1 aromatic carbocycles. The number of carbonyl (C=O) groups is 3. The number of aromatic nitrogens is 2. The van der Waals surface area contributed by atoms with Crippen molar-refractivity contribution in [2.24, 2.45) is 0 Å². The fourth-order valence-corrected chi connectivity index (χ4v) is 4.13. The number of hydrogen-bond acceptors (Lipinski definition) is 7. The summed E-state index contributed by atoms with van der Waals surface area (Å²) in [6.45, 7) is 6.63. The third-order valence-corrected chi connectivity index (χ3v) is 5.80. The van der Waals surface area contributed by atoms with Gasteiger partial charge in [0.2, 0.25) is 5.91 Å². The molecule has 0 aliphatic rings. The fourth-order valence-electron chi connectivity index (χ4n) is 3.09. The molecule has 2 heterocycles. The molecular weight excluding hydrogens is 406 g/mol. The largest absolute Gasteiger partial charge is 0.462 e. The minimum atomic E-state index is -0.800. The normalized spacial score (nSPS) is 11.9. The Morgan fingerprint density at radius 2 is 1.90 bits per heavy atom. The molecule has 1 N–H and O–H groups in total. The van der Waals surface area contributed by atoms with E-state index in [1.54, 1.807) is 45.0 Å². The fraction of sp³-hybridized carbons (Fsp3) is 0.286. The monoisotopic (exact) mass is 427 g/mol. The second kappa shape index (κ2) is 8.58. The molecule has 0 spiro atoms. The number of nitrogens with one attached hydrogen (secondary N) is 1. The number of amides is 1. The van der Waals surface area contributed by atoms with Crippen molar-refractivity contribution in [3.05, 3.63) is 57.0 Å². The van der Waals surface area contributed by atoms with Crippen molar-refractivity contribution in [2.75, 3.05) is 11.9 Å². The number of benzene rings is 1. The summed E-state index contributed by atoms with van der Waals surface area (Å²) in [6.07, 6.45) is 1.32. The molecule has 0 aliphatic heterocycles. The SMILES string of the molecule is CCOC(=O)c1sc2ncn(C(C)C(=O)c3ccc(NC(C)=O)cc3)c(=O)c2c1C. The number of anilines is 1. The summed E-state index contributed by atoms with van der Waals surface area (Å²) in [4.78, 5) is 54.3. The van der Waals surface area contributed by atoms with Gasteiger partial charge >= 0.3 is 5.97 Å². The molecule has 1 unspecified atom stereocenters. The molecule has 30 heavy (non-hydrogen) atoms. The van der Waals surface area contributed by atoms with E-state index in [9.17, 15) is 19.2 Å². The van der Waals surface area contributed by atoms with Crippen LogP contribution < -0.4 is 10.9 Å². The minimum absolute atomic E-state index is 0.207. The molecule has 0 radical (unpaired) electrons. The Kier molecular flexibility index (Phi) is 6.12. The zero-order valence-corrected chi connectivity index (χ0v) is 17.8. The summed E-state index contributed by atoms with van der Waals surface area (Å²) in [5.41, 5.74) is 1.09. The first-order valence-corrected chi connectivity index (χ1v) is 10.2. The van der Waals surface area contributed by atoms with Crippen molar-refractivity contribution in [1.29, 1.82) is 0 Å². The Morgan fingerprint density at radius 1 is 1.23 bits per heavy atom. The van der Waals surface area contributed by atoms with E-state index >= 15 is 0 Å². The van der Waals surface area contributed by atoms with E-state index in [1.807, 2.05) is 0 Å². The second-order valence-electron chi connectivity index (χ2n) is 6.71. The lowest BCUT2D eigenvalue weighted by Crippen LogP contribution is -2.28. The van der Waals surface area contributed by atoms with Crippen LogP contribution in [0.3, 0.4) is 0 Å². The lowest BCUT2D eigenvalue weighted by atomic mass is 10.0. The van der Waals surface area contributed by atoms with Crippen LogP contribution in [-0.2, 0) is 9.53 Å². The van der Waals surface area contributed by atoms with Crippen molar-refractivity contribution in [3.8, 4) is 0 Å². The van der Waals surface area contributed by atoms with Gasteiger partial charge in [-0.1, -0.05) is 0 Å². The van der Waals surface area contributed by atoms with Gasteiger partial charge in [0.15, 0.2) is 5.78 Å². The van der Waals surface area contributed by atoms with E-state index in [1.165, 1.54) is 17.8 Å². The molecule has 0 bridgehead atoms. The second-order valence-corrected chi connectivity index (χ2v) is 7.71. The summed E-state index contributed by atoms with van der Waals surface area (Å²) < 4.78 is 6.31. The van der Waals surface area contributed by atoms with E-state index in [4.69, 9.17) is 4.74 Å². The molecule has 156 valence electrons. The number of thiophene rings is 1. The maximum atomic E-state index is 13.1. The van der Waals surface area contributed by atoms with Gasteiger partial charge in [-0.05, 0) is 50.6 Å². The van der Waals surface area contributed by atoms with Gasteiger partial charge in [-0.2, -0.15) is 0 Å². The summed E-state index contributed by atoms with van der Waals surface area (Å²) in [7, 11) is 0. The summed E-state index contributed by atoms with van der Waals surface area (Å²) >= 11 is 1.10. The van der Waals surface area contributed by atoms with E-state index in [2.05, 4.69) is 10.3 Å². The maximum absolute atomic E-state index is 13.1. The summed E-state index contributed by atoms with van der Waals surface area (Å²) in [6, 6.07) is 5.64. The van der Waals surface area contributed by atoms with E-state index in [-0.39, 0.29) is 23.9 Å². The maximum Gasteiger partial charge on any atom is 0.348 e. The van der Waals surface area contributed by atoms with Crippen LogP contribution in [0.4, 0.5) is 5.69 Å². The Hall–Kier alpha value is -3.33. The van der Waals surface area contributed by atoms with Crippen LogP contribution in [-0.4, -0.2) is 33.8 Å². The molecule has 8 nitrogen and oxygen atoms in total. The van der Waals surface area contributed by atoms with Gasteiger partial charge in [0, 0.05) is 18.2 Å². The summed E-state index contributed by atoms with van der Waals surface area (Å²) in [5.74, 6) is -0.972. The van der Waals surface area contributed by atoms with Crippen molar-refractivity contribution < 1.29 is 19.1 Å². The Bertz CT molecular complexity index is 1190. The topological polar surface area (TPSA) is 107 Å². The third-order valence-electron chi connectivity index (χ3n) is 4.62. The van der Waals surface area contributed by atoms with Crippen molar-refractivity contribution in [1.82, 2.24) is 9.55 Å².